The highest BCUT2D eigenvalue weighted by molar-refractivity contribution is 14.0. The Morgan fingerprint density at radius 1 is 1.22 bits per heavy atom. The molecule has 1 fully saturated rings. The first kappa shape index (κ1) is 22.0. The van der Waals surface area contributed by atoms with E-state index in [2.05, 4.69) is 20.6 Å². The number of rotatable bonds is 8. The van der Waals surface area contributed by atoms with E-state index in [0.717, 1.165) is 62.7 Å². The molecule has 3 heterocycles. The van der Waals surface area contributed by atoms with Crippen LogP contribution in [-0.2, 0) is 17.6 Å². The van der Waals surface area contributed by atoms with Gasteiger partial charge in [-0.15, -0.1) is 24.0 Å². The smallest absolute Gasteiger partial charge is 0.191 e. The van der Waals surface area contributed by atoms with Gasteiger partial charge in [-0.1, -0.05) is 17.7 Å². The van der Waals surface area contributed by atoms with Crippen molar-refractivity contribution in [2.24, 2.45) is 4.99 Å². The molecule has 0 amide bonds. The second kappa shape index (κ2) is 12.2. The average molecular weight is 505 g/mol. The Kier molecular flexibility index (Phi) is 9.93. The van der Waals surface area contributed by atoms with Gasteiger partial charge in [0.15, 0.2) is 5.96 Å². The maximum Gasteiger partial charge on any atom is 0.191 e. The molecule has 8 heteroatoms. The van der Waals surface area contributed by atoms with E-state index in [1.165, 1.54) is 0 Å². The average Bonchev–Trinajstić information content (AvgIpc) is 3.35. The highest BCUT2D eigenvalue weighted by Crippen LogP contribution is 2.11. The van der Waals surface area contributed by atoms with Crippen molar-refractivity contribution in [3.05, 3.63) is 53.2 Å². The predicted molar refractivity (Wildman–Crippen MR) is 118 cm³/mol. The molecule has 0 radical (unpaired) electrons. The standard InChI is InChI=1S/C19H25ClN4O2.HI/c20-18-6-5-15(13-23-18)7-9-21-19(24-14-17-4-2-12-26-17)22-10-8-16-3-1-11-25-16;/h1,3,5-6,11,13,17H,2,4,7-10,12,14H2,(H2,21,22,24);1H. The number of aliphatic imine (C=N–C) groups is 1. The van der Waals surface area contributed by atoms with Crippen LogP contribution in [0.4, 0.5) is 0 Å². The van der Waals surface area contributed by atoms with Crippen LogP contribution in [0.15, 0.2) is 46.1 Å². The van der Waals surface area contributed by atoms with E-state index in [1.54, 1.807) is 12.5 Å². The molecule has 2 aromatic rings. The number of hydrogen-bond acceptors (Lipinski definition) is 4. The molecule has 0 aromatic carbocycles. The van der Waals surface area contributed by atoms with E-state index in [4.69, 9.17) is 20.8 Å². The molecule has 0 bridgehead atoms. The lowest BCUT2D eigenvalue weighted by atomic mass is 10.2. The Labute approximate surface area is 182 Å². The summed E-state index contributed by atoms with van der Waals surface area (Å²) < 4.78 is 11.0. The first-order valence-electron chi connectivity index (χ1n) is 9.06. The van der Waals surface area contributed by atoms with Gasteiger partial charge in [-0.3, -0.25) is 4.99 Å². The summed E-state index contributed by atoms with van der Waals surface area (Å²) in [5.41, 5.74) is 1.14. The van der Waals surface area contributed by atoms with Gasteiger partial charge < -0.3 is 19.8 Å². The van der Waals surface area contributed by atoms with Crippen molar-refractivity contribution < 1.29 is 9.15 Å². The number of ether oxygens (including phenoxy) is 1. The molecule has 27 heavy (non-hydrogen) atoms. The number of nitrogens with one attached hydrogen (secondary N) is 2. The van der Waals surface area contributed by atoms with Crippen molar-refractivity contribution in [1.29, 1.82) is 0 Å². The Bertz CT molecular complexity index is 674. The Hall–Kier alpha value is -1.32. The lowest BCUT2D eigenvalue weighted by Crippen LogP contribution is -2.40. The molecular formula is C19H26ClIN4O2. The fourth-order valence-corrected chi connectivity index (χ4v) is 2.91. The molecule has 6 nitrogen and oxygen atoms in total. The summed E-state index contributed by atoms with van der Waals surface area (Å²) in [6.07, 6.45) is 7.60. The molecule has 1 aliphatic rings. The van der Waals surface area contributed by atoms with Crippen LogP contribution in [0.3, 0.4) is 0 Å². The van der Waals surface area contributed by atoms with Crippen molar-refractivity contribution in [2.45, 2.75) is 31.8 Å². The van der Waals surface area contributed by atoms with Crippen LogP contribution in [0.1, 0.15) is 24.2 Å². The zero-order chi connectivity index (χ0) is 18.0. The highest BCUT2D eigenvalue weighted by atomic mass is 127. The van der Waals surface area contributed by atoms with Crippen LogP contribution in [-0.4, -0.2) is 43.3 Å². The molecule has 0 aliphatic carbocycles. The Balaban J connectivity index is 0.00000261. The fourth-order valence-electron chi connectivity index (χ4n) is 2.79. The van der Waals surface area contributed by atoms with Crippen molar-refractivity contribution in [2.75, 3.05) is 26.2 Å². The predicted octanol–water partition coefficient (Wildman–Crippen LogP) is 3.45. The van der Waals surface area contributed by atoms with Crippen LogP contribution in [0.5, 0.6) is 0 Å². The first-order valence-corrected chi connectivity index (χ1v) is 9.44. The van der Waals surface area contributed by atoms with Crippen molar-refractivity contribution in [3.8, 4) is 0 Å². The monoisotopic (exact) mass is 504 g/mol. The minimum absolute atomic E-state index is 0. The van der Waals surface area contributed by atoms with E-state index in [-0.39, 0.29) is 30.1 Å². The molecule has 0 spiro atoms. The zero-order valence-electron chi connectivity index (χ0n) is 15.2. The van der Waals surface area contributed by atoms with Crippen LogP contribution >= 0.6 is 35.6 Å². The summed E-state index contributed by atoms with van der Waals surface area (Å²) >= 11 is 5.82. The van der Waals surface area contributed by atoms with Gasteiger partial charge in [0.05, 0.1) is 18.9 Å². The van der Waals surface area contributed by atoms with Crippen LogP contribution < -0.4 is 10.6 Å². The summed E-state index contributed by atoms with van der Waals surface area (Å²) in [7, 11) is 0. The number of aromatic nitrogens is 1. The van der Waals surface area contributed by atoms with Gasteiger partial charge >= 0.3 is 0 Å². The van der Waals surface area contributed by atoms with Crippen LogP contribution in [0.25, 0.3) is 0 Å². The summed E-state index contributed by atoms with van der Waals surface area (Å²) in [4.78, 5) is 8.78. The minimum atomic E-state index is 0. The maximum absolute atomic E-state index is 5.82. The number of halogens is 2. The van der Waals surface area contributed by atoms with E-state index in [0.29, 0.717) is 11.7 Å². The zero-order valence-corrected chi connectivity index (χ0v) is 18.3. The first-order chi connectivity index (χ1) is 12.8. The normalized spacial score (nSPS) is 16.8. The van der Waals surface area contributed by atoms with Gasteiger partial charge in [0.1, 0.15) is 10.9 Å². The molecule has 1 saturated heterocycles. The van der Waals surface area contributed by atoms with Crippen molar-refractivity contribution >= 4 is 41.5 Å². The largest absolute Gasteiger partial charge is 0.469 e. The van der Waals surface area contributed by atoms with Crippen molar-refractivity contribution in [1.82, 2.24) is 15.6 Å². The quantitative estimate of drug-likeness (QED) is 0.249. The molecule has 2 aromatic heterocycles. The summed E-state index contributed by atoms with van der Waals surface area (Å²) in [5.74, 6) is 1.76. The van der Waals surface area contributed by atoms with Gasteiger partial charge in [0.25, 0.3) is 0 Å². The van der Waals surface area contributed by atoms with Crippen LogP contribution in [0.2, 0.25) is 5.15 Å². The molecule has 2 N–H and O–H groups in total. The molecule has 1 unspecified atom stereocenters. The molecule has 0 saturated carbocycles. The fraction of sp³-hybridized carbons (Fsp3) is 0.474. The summed E-state index contributed by atoms with van der Waals surface area (Å²) in [5, 5.41) is 7.26. The topological polar surface area (TPSA) is 71.7 Å². The van der Waals surface area contributed by atoms with E-state index in [1.807, 2.05) is 24.3 Å². The van der Waals surface area contributed by atoms with Gasteiger partial charge in [0.2, 0.25) is 0 Å². The number of furan rings is 1. The number of pyridine rings is 1. The lowest BCUT2D eigenvalue weighted by Gasteiger charge is -2.14. The second-order valence-corrected chi connectivity index (χ2v) is 6.63. The molecule has 1 atom stereocenters. The lowest BCUT2D eigenvalue weighted by molar-refractivity contribution is 0.117. The molecule has 1 aliphatic heterocycles. The van der Waals surface area contributed by atoms with Gasteiger partial charge in [0, 0.05) is 32.3 Å². The molecule has 3 rings (SSSR count). The maximum atomic E-state index is 5.82. The SMILES string of the molecule is Clc1ccc(CCNC(=NCC2CCCO2)NCCc2ccco2)cn1.I. The van der Waals surface area contributed by atoms with E-state index < -0.39 is 0 Å². The molecule has 148 valence electrons. The van der Waals surface area contributed by atoms with E-state index in [9.17, 15) is 0 Å². The van der Waals surface area contributed by atoms with Crippen molar-refractivity contribution in [3.63, 3.8) is 0 Å². The number of nitrogens with zero attached hydrogens (tertiary/aromatic N) is 2. The van der Waals surface area contributed by atoms with Gasteiger partial charge in [-0.05, 0) is 43.0 Å². The summed E-state index contributed by atoms with van der Waals surface area (Å²) in [6.45, 7) is 3.05. The molecular weight excluding hydrogens is 479 g/mol. The Morgan fingerprint density at radius 2 is 2.07 bits per heavy atom. The third-order valence-corrected chi connectivity index (χ3v) is 4.44. The Morgan fingerprint density at radius 3 is 2.74 bits per heavy atom. The van der Waals surface area contributed by atoms with Crippen LogP contribution in [0, 0.1) is 0 Å². The van der Waals surface area contributed by atoms with Gasteiger partial charge in [-0.25, -0.2) is 4.98 Å². The third-order valence-electron chi connectivity index (χ3n) is 4.22. The number of guanidine groups is 1. The van der Waals surface area contributed by atoms with E-state index >= 15 is 0 Å². The summed E-state index contributed by atoms with van der Waals surface area (Å²) in [6, 6.07) is 7.68. The van der Waals surface area contributed by atoms with Gasteiger partial charge in [-0.2, -0.15) is 0 Å². The minimum Gasteiger partial charge on any atom is -0.469 e. The number of hydrogen-bond donors (Lipinski definition) is 2. The third kappa shape index (κ3) is 8.06. The second-order valence-electron chi connectivity index (χ2n) is 6.25. The highest BCUT2D eigenvalue weighted by Gasteiger charge is 2.14.